The Bertz CT molecular complexity index is 186. The van der Waals surface area contributed by atoms with Gasteiger partial charge < -0.3 is 0 Å². The van der Waals surface area contributed by atoms with Crippen molar-refractivity contribution in [3.05, 3.63) is 30.1 Å². The number of aromatic nitrogens is 1. The molecule has 0 bridgehead atoms. The normalized spacial score (nSPS) is 9.91. The predicted molar refractivity (Wildman–Crippen MR) is 44.7 cm³/mol. The maximum Gasteiger partial charge on any atom is 0.0404 e. The minimum Gasteiger partial charge on any atom is -0.271 e. The van der Waals surface area contributed by atoms with Gasteiger partial charge >= 0.3 is 0 Å². The Balaban J connectivity index is 2.28. The molecule has 60 valence electrons. The molecule has 3 N–H and O–H groups in total. The Morgan fingerprint density at radius 1 is 1.45 bits per heavy atom. The lowest BCUT2D eigenvalue weighted by molar-refractivity contribution is 0.673. The zero-order valence-electron chi connectivity index (χ0n) is 6.46. The van der Waals surface area contributed by atoms with Crippen LogP contribution in [-0.4, -0.2) is 11.5 Å². The Hall–Kier alpha value is -0.930. The van der Waals surface area contributed by atoms with Gasteiger partial charge in [-0.25, -0.2) is 0 Å². The van der Waals surface area contributed by atoms with Crippen molar-refractivity contribution in [2.75, 3.05) is 6.54 Å². The highest BCUT2D eigenvalue weighted by Gasteiger charge is 1.90. The van der Waals surface area contributed by atoms with Crippen LogP contribution < -0.4 is 11.3 Å². The van der Waals surface area contributed by atoms with E-state index in [0.717, 1.165) is 25.1 Å². The summed E-state index contributed by atoms with van der Waals surface area (Å²) in [4.78, 5) is 4.18. The van der Waals surface area contributed by atoms with Crippen LogP contribution in [0.15, 0.2) is 24.4 Å². The quantitative estimate of drug-likeness (QED) is 0.374. The molecule has 0 spiro atoms. The minimum absolute atomic E-state index is 0.844. The van der Waals surface area contributed by atoms with E-state index in [9.17, 15) is 0 Å². The molecule has 1 aromatic heterocycles. The van der Waals surface area contributed by atoms with Gasteiger partial charge in [-0.2, -0.15) is 0 Å². The fourth-order valence-electron chi connectivity index (χ4n) is 0.918. The molecule has 1 rings (SSSR count). The Kier molecular flexibility index (Phi) is 3.58. The van der Waals surface area contributed by atoms with Gasteiger partial charge in [0.15, 0.2) is 0 Å². The molecular formula is C8H13N3. The van der Waals surface area contributed by atoms with Crippen molar-refractivity contribution < 1.29 is 0 Å². The molecule has 0 atom stereocenters. The highest BCUT2D eigenvalue weighted by Crippen LogP contribution is 1.96. The Morgan fingerprint density at radius 2 is 2.36 bits per heavy atom. The van der Waals surface area contributed by atoms with Crippen molar-refractivity contribution in [1.29, 1.82) is 0 Å². The van der Waals surface area contributed by atoms with E-state index in [-0.39, 0.29) is 0 Å². The van der Waals surface area contributed by atoms with Crippen molar-refractivity contribution in [1.82, 2.24) is 10.4 Å². The Morgan fingerprint density at radius 3 is 3.00 bits per heavy atom. The van der Waals surface area contributed by atoms with Crippen molar-refractivity contribution in [2.45, 2.75) is 12.8 Å². The van der Waals surface area contributed by atoms with Crippen molar-refractivity contribution >= 4 is 0 Å². The second-order valence-corrected chi connectivity index (χ2v) is 2.38. The number of hydrogen-bond acceptors (Lipinski definition) is 3. The molecule has 3 heteroatoms. The summed E-state index contributed by atoms with van der Waals surface area (Å²) in [5, 5.41) is 0. The summed E-state index contributed by atoms with van der Waals surface area (Å²) in [6, 6.07) is 5.94. The zero-order valence-corrected chi connectivity index (χ0v) is 6.46. The molecule has 0 radical (unpaired) electrons. The molecule has 11 heavy (non-hydrogen) atoms. The van der Waals surface area contributed by atoms with E-state index in [0.29, 0.717) is 0 Å². The summed E-state index contributed by atoms with van der Waals surface area (Å²) in [6.45, 7) is 0.844. The van der Waals surface area contributed by atoms with Gasteiger partial charge in [0, 0.05) is 18.4 Å². The first-order valence-electron chi connectivity index (χ1n) is 3.77. The maximum absolute atomic E-state index is 5.12. The lowest BCUT2D eigenvalue weighted by Crippen LogP contribution is -2.23. The number of nitrogens with zero attached hydrogens (tertiary/aromatic N) is 1. The first-order chi connectivity index (χ1) is 5.43. The topological polar surface area (TPSA) is 50.9 Å². The van der Waals surface area contributed by atoms with E-state index >= 15 is 0 Å². The van der Waals surface area contributed by atoms with Gasteiger partial charge in [-0.1, -0.05) is 6.07 Å². The SMILES string of the molecule is NNCCCc1ccccn1. The average molecular weight is 151 g/mol. The molecule has 0 unspecified atom stereocenters. The van der Waals surface area contributed by atoms with Crippen LogP contribution in [0, 0.1) is 0 Å². The summed E-state index contributed by atoms with van der Waals surface area (Å²) in [7, 11) is 0. The van der Waals surface area contributed by atoms with Gasteiger partial charge in [-0.3, -0.25) is 16.3 Å². The van der Waals surface area contributed by atoms with Crippen LogP contribution in [0.25, 0.3) is 0 Å². The molecule has 0 aliphatic rings. The maximum atomic E-state index is 5.12. The van der Waals surface area contributed by atoms with Crippen LogP contribution >= 0.6 is 0 Å². The molecule has 0 aliphatic heterocycles. The Labute approximate surface area is 66.6 Å². The predicted octanol–water partition coefficient (Wildman–Crippen LogP) is 0.477. The van der Waals surface area contributed by atoms with Crippen LogP contribution in [0.5, 0.6) is 0 Å². The zero-order chi connectivity index (χ0) is 7.94. The van der Waals surface area contributed by atoms with Crippen molar-refractivity contribution in [2.24, 2.45) is 5.84 Å². The van der Waals surface area contributed by atoms with Gasteiger partial charge in [-0.15, -0.1) is 0 Å². The van der Waals surface area contributed by atoms with Gasteiger partial charge in [0.05, 0.1) is 0 Å². The average Bonchev–Trinajstić information content (AvgIpc) is 2.07. The molecule has 1 aromatic rings. The molecule has 0 aromatic carbocycles. The summed E-state index contributed by atoms with van der Waals surface area (Å²) in [5.41, 5.74) is 3.74. The fraction of sp³-hybridized carbons (Fsp3) is 0.375. The third kappa shape index (κ3) is 3.11. The van der Waals surface area contributed by atoms with E-state index in [1.54, 1.807) is 0 Å². The number of nitrogens with one attached hydrogen (secondary N) is 1. The fourth-order valence-corrected chi connectivity index (χ4v) is 0.918. The van der Waals surface area contributed by atoms with Crippen molar-refractivity contribution in [3.63, 3.8) is 0 Å². The molecule has 0 aliphatic carbocycles. The van der Waals surface area contributed by atoms with E-state index in [1.807, 2.05) is 24.4 Å². The second-order valence-electron chi connectivity index (χ2n) is 2.38. The standard InChI is InChI=1S/C8H13N3/c9-11-7-3-5-8-4-1-2-6-10-8/h1-2,4,6,11H,3,5,7,9H2. The van der Waals surface area contributed by atoms with Crippen LogP contribution in [-0.2, 0) is 6.42 Å². The molecule has 0 saturated carbocycles. The molecule has 0 fully saturated rings. The van der Waals surface area contributed by atoms with Crippen LogP contribution in [0.2, 0.25) is 0 Å². The van der Waals surface area contributed by atoms with E-state index in [4.69, 9.17) is 5.84 Å². The van der Waals surface area contributed by atoms with Gasteiger partial charge in [0.1, 0.15) is 0 Å². The largest absolute Gasteiger partial charge is 0.271 e. The summed E-state index contributed by atoms with van der Waals surface area (Å²) < 4.78 is 0. The lowest BCUT2D eigenvalue weighted by atomic mass is 10.2. The molecule has 0 saturated heterocycles. The number of pyridine rings is 1. The minimum atomic E-state index is 0.844. The summed E-state index contributed by atoms with van der Waals surface area (Å²) >= 11 is 0. The van der Waals surface area contributed by atoms with Crippen LogP contribution in [0.1, 0.15) is 12.1 Å². The number of hydrazine groups is 1. The summed E-state index contributed by atoms with van der Waals surface area (Å²) in [5.74, 6) is 5.12. The van der Waals surface area contributed by atoms with E-state index < -0.39 is 0 Å². The first-order valence-corrected chi connectivity index (χ1v) is 3.77. The third-order valence-corrected chi connectivity index (χ3v) is 1.48. The van der Waals surface area contributed by atoms with Gasteiger partial charge in [-0.05, 0) is 25.0 Å². The highest BCUT2D eigenvalue weighted by atomic mass is 15.2. The van der Waals surface area contributed by atoms with Crippen LogP contribution in [0.3, 0.4) is 0 Å². The number of aryl methyl sites for hydroxylation is 1. The van der Waals surface area contributed by atoms with E-state index in [1.165, 1.54) is 0 Å². The molecule has 3 nitrogen and oxygen atoms in total. The van der Waals surface area contributed by atoms with E-state index in [2.05, 4.69) is 10.4 Å². The monoisotopic (exact) mass is 151 g/mol. The number of rotatable bonds is 4. The first kappa shape index (κ1) is 8.17. The second kappa shape index (κ2) is 4.82. The summed E-state index contributed by atoms with van der Waals surface area (Å²) in [6.07, 6.45) is 3.84. The van der Waals surface area contributed by atoms with Crippen LogP contribution in [0.4, 0.5) is 0 Å². The third-order valence-electron chi connectivity index (χ3n) is 1.48. The molecule has 0 amide bonds. The lowest BCUT2D eigenvalue weighted by Gasteiger charge is -1.98. The molecular weight excluding hydrogens is 138 g/mol. The highest BCUT2D eigenvalue weighted by molar-refractivity contribution is 5.03. The number of nitrogens with two attached hydrogens (primary N) is 1. The van der Waals surface area contributed by atoms with Gasteiger partial charge in [0.2, 0.25) is 0 Å². The van der Waals surface area contributed by atoms with Crippen molar-refractivity contribution in [3.8, 4) is 0 Å². The smallest absolute Gasteiger partial charge is 0.0404 e. The molecule has 1 heterocycles. The van der Waals surface area contributed by atoms with Gasteiger partial charge in [0.25, 0.3) is 0 Å². The number of hydrogen-bond donors (Lipinski definition) is 2.